The number of nitrogens with one attached hydrogen (secondary N) is 1. The van der Waals surface area contributed by atoms with Crippen molar-refractivity contribution >= 4 is 5.97 Å². The van der Waals surface area contributed by atoms with Crippen LogP contribution in [0.25, 0.3) is 0 Å². The zero-order valence-corrected chi connectivity index (χ0v) is 7.37. The zero-order valence-electron chi connectivity index (χ0n) is 7.37. The van der Waals surface area contributed by atoms with Crippen LogP contribution in [0.15, 0.2) is 0 Å². The van der Waals surface area contributed by atoms with Gasteiger partial charge in [-0.25, -0.2) is 9.78 Å². The molecule has 2 heterocycles. The van der Waals surface area contributed by atoms with E-state index in [0.717, 1.165) is 24.4 Å². The molecule has 0 fully saturated rings. The van der Waals surface area contributed by atoms with Crippen molar-refractivity contribution < 1.29 is 9.90 Å². The van der Waals surface area contributed by atoms with E-state index in [1.807, 2.05) is 0 Å². The van der Waals surface area contributed by atoms with Crippen molar-refractivity contribution in [3.63, 3.8) is 0 Å². The van der Waals surface area contributed by atoms with Gasteiger partial charge in [0.15, 0.2) is 0 Å². The van der Waals surface area contributed by atoms with Crippen LogP contribution in [0.5, 0.6) is 0 Å². The van der Waals surface area contributed by atoms with Crippen LogP contribution in [0, 0.1) is 0 Å². The molecule has 5 nitrogen and oxygen atoms in total. The number of aromatic nitrogens is 2. The minimum absolute atomic E-state index is 0.133. The first-order chi connectivity index (χ1) is 6.20. The summed E-state index contributed by atoms with van der Waals surface area (Å²) in [6.07, 6.45) is 0.853. The van der Waals surface area contributed by atoms with Crippen molar-refractivity contribution in [2.24, 2.45) is 7.05 Å². The Hall–Kier alpha value is -1.36. The summed E-state index contributed by atoms with van der Waals surface area (Å²) in [5.74, 6) is -0.828. The molecule has 0 aromatic carbocycles. The first-order valence-corrected chi connectivity index (χ1v) is 4.18. The van der Waals surface area contributed by atoms with Crippen molar-refractivity contribution in [2.45, 2.75) is 13.0 Å². The number of fused-ring (bicyclic) bond motifs is 1. The average Bonchev–Trinajstić information content (AvgIpc) is 2.45. The van der Waals surface area contributed by atoms with E-state index in [2.05, 4.69) is 10.3 Å². The minimum atomic E-state index is -0.961. The molecule has 70 valence electrons. The molecule has 0 amide bonds. The molecule has 5 heteroatoms. The number of carbonyl (C=O) groups is 1. The van der Waals surface area contributed by atoms with Gasteiger partial charge >= 0.3 is 5.97 Å². The van der Waals surface area contributed by atoms with Crippen molar-refractivity contribution in [3.8, 4) is 0 Å². The number of hydrogen-bond acceptors (Lipinski definition) is 3. The van der Waals surface area contributed by atoms with E-state index in [4.69, 9.17) is 5.11 Å². The Kier molecular flexibility index (Phi) is 1.81. The van der Waals surface area contributed by atoms with Gasteiger partial charge in [0.25, 0.3) is 0 Å². The fraction of sp³-hybridized carbons (Fsp3) is 0.500. The van der Waals surface area contributed by atoms with Gasteiger partial charge in [0.1, 0.15) is 0 Å². The molecule has 1 aliphatic rings. The van der Waals surface area contributed by atoms with Crippen LogP contribution in [0.1, 0.15) is 22.0 Å². The lowest BCUT2D eigenvalue weighted by atomic mass is 10.2. The Bertz CT molecular complexity index is 357. The van der Waals surface area contributed by atoms with Gasteiger partial charge in [-0.05, 0) is 0 Å². The fourth-order valence-corrected chi connectivity index (χ4v) is 1.65. The summed E-state index contributed by atoms with van der Waals surface area (Å²) in [7, 11) is 1.75. The van der Waals surface area contributed by atoms with E-state index in [9.17, 15) is 4.79 Å². The summed E-state index contributed by atoms with van der Waals surface area (Å²) >= 11 is 0. The highest BCUT2D eigenvalue weighted by molar-refractivity contribution is 5.83. The van der Waals surface area contributed by atoms with Crippen molar-refractivity contribution in [1.82, 2.24) is 14.9 Å². The molecule has 2 N–H and O–H groups in total. The zero-order chi connectivity index (χ0) is 9.42. The molecule has 1 aromatic rings. The van der Waals surface area contributed by atoms with E-state index in [1.165, 1.54) is 0 Å². The third kappa shape index (κ3) is 1.21. The van der Waals surface area contributed by atoms with Gasteiger partial charge < -0.3 is 15.0 Å². The minimum Gasteiger partial charge on any atom is -0.475 e. The van der Waals surface area contributed by atoms with Gasteiger partial charge in [0.2, 0.25) is 5.82 Å². The van der Waals surface area contributed by atoms with Crippen molar-refractivity contribution in [3.05, 3.63) is 17.2 Å². The summed E-state index contributed by atoms with van der Waals surface area (Å²) in [5.41, 5.74) is 1.90. The van der Waals surface area contributed by atoms with Gasteiger partial charge in [-0.15, -0.1) is 0 Å². The Labute approximate surface area is 75.4 Å². The second-order valence-corrected chi connectivity index (χ2v) is 3.12. The van der Waals surface area contributed by atoms with Gasteiger partial charge in [0, 0.05) is 32.3 Å². The summed E-state index contributed by atoms with van der Waals surface area (Å²) in [5, 5.41) is 12.0. The summed E-state index contributed by atoms with van der Waals surface area (Å²) in [6, 6.07) is 0. The molecule has 0 saturated carbocycles. The van der Waals surface area contributed by atoms with Crippen LogP contribution in [0.3, 0.4) is 0 Å². The highest BCUT2D eigenvalue weighted by atomic mass is 16.4. The monoisotopic (exact) mass is 181 g/mol. The third-order valence-corrected chi connectivity index (χ3v) is 2.32. The van der Waals surface area contributed by atoms with Crippen LogP contribution >= 0.6 is 0 Å². The van der Waals surface area contributed by atoms with E-state index >= 15 is 0 Å². The molecule has 0 saturated heterocycles. The largest absolute Gasteiger partial charge is 0.475 e. The summed E-state index contributed by atoms with van der Waals surface area (Å²) in [4.78, 5) is 14.8. The van der Waals surface area contributed by atoms with E-state index in [1.54, 1.807) is 11.6 Å². The number of aromatic carboxylic acids is 1. The van der Waals surface area contributed by atoms with E-state index in [0.29, 0.717) is 6.54 Å². The number of rotatable bonds is 1. The third-order valence-electron chi connectivity index (χ3n) is 2.32. The SMILES string of the molecule is Cn1c(C(=O)O)nc2c1CCNC2. The van der Waals surface area contributed by atoms with Crippen molar-refractivity contribution in [1.29, 1.82) is 0 Å². The lowest BCUT2D eigenvalue weighted by Crippen LogP contribution is -2.24. The second kappa shape index (κ2) is 2.85. The molecular weight excluding hydrogens is 170 g/mol. The molecule has 1 aromatic heterocycles. The quantitative estimate of drug-likeness (QED) is 0.627. The molecule has 0 bridgehead atoms. The van der Waals surface area contributed by atoms with Gasteiger partial charge in [-0.1, -0.05) is 0 Å². The molecule has 2 rings (SSSR count). The Morgan fingerprint density at radius 3 is 3.08 bits per heavy atom. The predicted molar refractivity (Wildman–Crippen MR) is 45.6 cm³/mol. The lowest BCUT2D eigenvalue weighted by molar-refractivity contribution is 0.0679. The van der Waals surface area contributed by atoms with E-state index < -0.39 is 5.97 Å². The van der Waals surface area contributed by atoms with Crippen LogP contribution in [-0.4, -0.2) is 27.2 Å². The van der Waals surface area contributed by atoms with E-state index in [-0.39, 0.29) is 5.82 Å². The normalized spacial score (nSPS) is 15.5. The topological polar surface area (TPSA) is 67.2 Å². The smallest absolute Gasteiger partial charge is 0.372 e. The molecule has 0 spiro atoms. The Morgan fingerprint density at radius 1 is 1.69 bits per heavy atom. The van der Waals surface area contributed by atoms with Gasteiger partial charge in [-0.2, -0.15) is 0 Å². The highest BCUT2D eigenvalue weighted by Crippen LogP contribution is 2.14. The molecule has 0 atom stereocenters. The molecule has 0 radical (unpaired) electrons. The fourth-order valence-electron chi connectivity index (χ4n) is 1.65. The summed E-state index contributed by atoms with van der Waals surface area (Å²) in [6.45, 7) is 1.57. The maximum absolute atomic E-state index is 10.7. The second-order valence-electron chi connectivity index (χ2n) is 3.12. The Morgan fingerprint density at radius 2 is 2.46 bits per heavy atom. The predicted octanol–water partition coefficient (Wildman–Crippen LogP) is -0.236. The maximum Gasteiger partial charge on any atom is 0.372 e. The molecular formula is C8H11N3O2. The van der Waals surface area contributed by atoms with Crippen LogP contribution in [0.4, 0.5) is 0 Å². The standard InChI is InChI=1S/C8H11N3O2/c1-11-6-2-3-9-4-5(6)10-7(11)8(12)13/h9H,2-4H2,1H3,(H,12,13). The first-order valence-electron chi connectivity index (χ1n) is 4.18. The Balaban J connectivity index is 2.50. The maximum atomic E-state index is 10.7. The number of hydrogen-bond donors (Lipinski definition) is 2. The highest BCUT2D eigenvalue weighted by Gasteiger charge is 2.20. The molecule has 13 heavy (non-hydrogen) atoms. The van der Waals surface area contributed by atoms with Crippen LogP contribution in [-0.2, 0) is 20.0 Å². The van der Waals surface area contributed by atoms with Crippen molar-refractivity contribution in [2.75, 3.05) is 6.54 Å². The number of imidazole rings is 1. The van der Waals surface area contributed by atoms with Gasteiger partial charge in [-0.3, -0.25) is 0 Å². The lowest BCUT2D eigenvalue weighted by Gasteiger charge is -2.12. The summed E-state index contributed by atoms with van der Waals surface area (Å²) < 4.78 is 1.67. The number of carboxylic acids is 1. The number of nitrogens with zero attached hydrogens (tertiary/aromatic N) is 2. The molecule has 0 unspecified atom stereocenters. The molecule has 1 aliphatic heterocycles. The first kappa shape index (κ1) is 8.25. The number of carboxylic acid groups (broad SMARTS) is 1. The average molecular weight is 181 g/mol. The van der Waals surface area contributed by atoms with Crippen LogP contribution < -0.4 is 5.32 Å². The van der Waals surface area contributed by atoms with Crippen LogP contribution in [0.2, 0.25) is 0 Å². The van der Waals surface area contributed by atoms with Gasteiger partial charge in [0.05, 0.1) is 5.69 Å². The molecule has 0 aliphatic carbocycles.